The Bertz CT molecular complexity index is 536. The normalized spacial score (nSPS) is 10.5. The summed E-state index contributed by atoms with van der Waals surface area (Å²) in [6.07, 6.45) is -4.35. The van der Waals surface area contributed by atoms with Crippen LogP contribution in [0.15, 0.2) is 4.63 Å². The maximum Gasteiger partial charge on any atom is 0.467 e. The molecule has 0 atom stereocenters. The van der Waals surface area contributed by atoms with Crippen LogP contribution in [0.4, 0.5) is 11.6 Å². The minimum absolute atomic E-state index is 0.329. The van der Waals surface area contributed by atoms with E-state index in [1.807, 2.05) is 0 Å². The lowest BCUT2D eigenvalue weighted by molar-refractivity contribution is -0.738. The quantitative estimate of drug-likeness (QED) is 0.286. The first-order chi connectivity index (χ1) is 10.7. The minimum atomic E-state index is -2.18. The van der Waals surface area contributed by atoms with Crippen molar-refractivity contribution in [2.75, 3.05) is 23.7 Å². The summed E-state index contributed by atoms with van der Waals surface area (Å²) in [5.74, 6) is -0.659. The SMILES string of the molecule is O=[N+]([O-])C(CNc1nonc1NCC([N+](=O)[O-])[N+](=O)[O-])[N+](=O)[O-]. The van der Waals surface area contributed by atoms with Crippen molar-refractivity contribution in [3.8, 4) is 0 Å². The second-order valence-electron chi connectivity index (χ2n) is 3.83. The molecule has 0 aliphatic heterocycles. The van der Waals surface area contributed by atoms with Gasteiger partial charge in [0.15, 0.2) is 13.1 Å². The first-order valence-corrected chi connectivity index (χ1v) is 5.58. The van der Waals surface area contributed by atoms with E-state index in [9.17, 15) is 40.5 Å². The summed E-state index contributed by atoms with van der Waals surface area (Å²) in [5.41, 5.74) is 0. The number of nitrogens with zero attached hydrogens (tertiary/aromatic N) is 6. The topological polar surface area (TPSA) is 236 Å². The smallest absolute Gasteiger partial charge is 0.351 e. The Morgan fingerprint density at radius 3 is 1.35 bits per heavy atom. The second-order valence-corrected chi connectivity index (χ2v) is 3.83. The Balaban J connectivity index is 2.69. The fourth-order valence-electron chi connectivity index (χ4n) is 1.25. The van der Waals surface area contributed by atoms with Gasteiger partial charge in [0, 0.05) is 0 Å². The zero-order chi connectivity index (χ0) is 17.6. The van der Waals surface area contributed by atoms with Gasteiger partial charge in [-0.15, -0.1) is 0 Å². The molecular weight excluding hydrogens is 328 g/mol. The van der Waals surface area contributed by atoms with Crippen LogP contribution in [0.5, 0.6) is 0 Å². The van der Waals surface area contributed by atoms with Gasteiger partial charge in [-0.3, -0.25) is 40.5 Å². The van der Waals surface area contributed by atoms with Crippen LogP contribution in [-0.4, -0.2) is 55.4 Å². The van der Waals surface area contributed by atoms with Gasteiger partial charge in [-0.05, 0) is 10.3 Å². The molecule has 0 fully saturated rings. The fourth-order valence-corrected chi connectivity index (χ4v) is 1.25. The van der Waals surface area contributed by atoms with Gasteiger partial charge in [0.1, 0.15) is 0 Å². The number of rotatable bonds is 10. The molecule has 23 heavy (non-hydrogen) atoms. The van der Waals surface area contributed by atoms with Crippen molar-refractivity contribution < 1.29 is 24.3 Å². The van der Waals surface area contributed by atoms with Gasteiger partial charge >= 0.3 is 12.3 Å². The van der Waals surface area contributed by atoms with E-state index in [-0.39, 0.29) is 11.6 Å². The monoisotopic (exact) mass is 336 g/mol. The van der Waals surface area contributed by atoms with Crippen molar-refractivity contribution in [3.05, 3.63) is 40.5 Å². The van der Waals surface area contributed by atoms with Crippen LogP contribution < -0.4 is 10.6 Å². The minimum Gasteiger partial charge on any atom is -0.351 e. The van der Waals surface area contributed by atoms with Crippen LogP contribution >= 0.6 is 0 Å². The molecule has 1 rings (SSSR count). The average Bonchev–Trinajstić information content (AvgIpc) is 2.85. The molecule has 0 aliphatic rings. The molecule has 0 saturated heterocycles. The van der Waals surface area contributed by atoms with Crippen LogP contribution in [-0.2, 0) is 0 Å². The maximum absolute atomic E-state index is 10.4. The van der Waals surface area contributed by atoms with E-state index in [2.05, 4.69) is 25.6 Å². The molecule has 0 radical (unpaired) electrons. The van der Waals surface area contributed by atoms with Gasteiger partial charge in [-0.25, -0.2) is 4.63 Å². The Morgan fingerprint density at radius 2 is 1.09 bits per heavy atom. The van der Waals surface area contributed by atoms with Gasteiger partial charge in [-0.2, -0.15) is 0 Å². The molecular formula is C6H8N8O9. The zero-order valence-electron chi connectivity index (χ0n) is 10.9. The summed E-state index contributed by atoms with van der Waals surface area (Å²) in [6.45, 7) is -1.56. The van der Waals surface area contributed by atoms with Crippen molar-refractivity contribution in [1.82, 2.24) is 10.3 Å². The second kappa shape index (κ2) is 7.38. The van der Waals surface area contributed by atoms with Gasteiger partial charge in [-0.1, -0.05) is 0 Å². The molecule has 0 spiro atoms. The molecule has 17 heteroatoms. The van der Waals surface area contributed by atoms with Crippen LogP contribution in [0.2, 0.25) is 0 Å². The number of hydrogen-bond donors (Lipinski definition) is 2. The van der Waals surface area contributed by atoms with Gasteiger partial charge < -0.3 is 10.6 Å². The summed E-state index contributed by atoms with van der Waals surface area (Å²) in [4.78, 5) is 37.2. The molecule has 0 unspecified atom stereocenters. The molecule has 1 aromatic rings. The molecule has 1 heterocycles. The van der Waals surface area contributed by atoms with Crippen LogP contribution in [0, 0.1) is 40.5 Å². The molecule has 0 saturated carbocycles. The van der Waals surface area contributed by atoms with E-state index in [0.717, 1.165) is 0 Å². The number of nitro groups is 4. The van der Waals surface area contributed by atoms with E-state index in [1.165, 1.54) is 0 Å². The molecule has 0 aliphatic carbocycles. The highest BCUT2D eigenvalue weighted by Crippen LogP contribution is 2.15. The Labute approximate surface area is 124 Å². The summed E-state index contributed by atoms with van der Waals surface area (Å²) >= 11 is 0. The van der Waals surface area contributed by atoms with Crippen LogP contribution in [0.3, 0.4) is 0 Å². The molecule has 126 valence electrons. The van der Waals surface area contributed by atoms with E-state index < -0.39 is 45.1 Å². The van der Waals surface area contributed by atoms with Gasteiger partial charge in [0.25, 0.3) is 0 Å². The number of aromatic nitrogens is 2. The highest BCUT2D eigenvalue weighted by atomic mass is 16.7. The molecule has 0 aromatic carbocycles. The molecule has 1 aromatic heterocycles. The highest BCUT2D eigenvalue weighted by Gasteiger charge is 2.34. The van der Waals surface area contributed by atoms with Crippen LogP contribution in [0.1, 0.15) is 0 Å². The van der Waals surface area contributed by atoms with E-state index in [4.69, 9.17) is 0 Å². The van der Waals surface area contributed by atoms with Crippen molar-refractivity contribution >= 4 is 11.6 Å². The Morgan fingerprint density at radius 1 is 0.783 bits per heavy atom. The predicted molar refractivity (Wildman–Crippen MR) is 66.8 cm³/mol. The van der Waals surface area contributed by atoms with Crippen LogP contribution in [0.25, 0.3) is 0 Å². The predicted octanol–water partition coefficient (Wildman–Crippen LogP) is -1.35. The van der Waals surface area contributed by atoms with Crippen molar-refractivity contribution in [2.45, 2.75) is 12.3 Å². The Hall–Kier alpha value is -3.66. The van der Waals surface area contributed by atoms with Crippen molar-refractivity contribution in [1.29, 1.82) is 0 Å². The van der Waals surface area contributed by atoms with Gasteiger partial charge in [0.2, 0.25) is 11.6 Å². The molecule has 0 amide bonds. The third-order valence-corrected chi connectivity index (χ3v) is 2.37. The molecule has 17 nitrogen and oxygen atoms in total. The van der Waals surface area contributed by atoms with E-state index in [1.54, 1.807) is 0 Å². The summed E-state index contributed by atoms with van der Waals surface area (Å²) < 4.78 is 4.25. The fraction of sp³-hybridized carbons (Fsp3) is 0.667. The number of nitrogens with one attached hydrogen (secondary N) is 2. The number of anilines is 2. The first-order valence-electron chi connectivity index (χ1n) is 5.58. The highest BCUT2D eigenvalue weighted by molar-refractivity contribution is 5.57. The molecule has 2 N–H and O–H groups in total. The summed E-state index contributed by atoms with van der Waals surface area (Å²) in [7, 11) is 0. The van der Waals surface area contributed by atoms with Gasteiger partial charge in [0.05, 0.1) is 19.7 Å². The van der Waals surface area contributed by atoms with Crippen molar-refractivity contribution in [3.63, 3.8) is 0 Å². The lowest BCUT2D eigenvalue weighted by Crippen LogP contribution is -2.36. The third-order valence-electron chi connectivity index (χ3n) is 2.37. The summed E-state index contributed by atoms with van der Waals surface area (Å²) in [5, 5.41) is 52.6. The van der Waals surface area contributed by atoms with E-state index >= 15 is 0 Å². The first kappa shape index (κ1) is 17.4. The lowest BCUT2D eigenvalue weighted by atomic mass is 10.4. The number of hydrogen-bond acceptors (Lipinski definition) is 13. The average molecular weight is 336 g/mol. The standard InChI is InChI=1S/C6H8N8O9/c15-11(16)3(12(17)18)1-7-5-6(10-23-9-5)8-2-4(13(19)20)14(21)22/h3-4H,1-2H2,(H,7,9)(H,8,10). The third kappa shape index (κ3) is 4.68. The molecule has 0 bridgehead atoms. The Kier molecular flexibility index (Phi) is 5.58. The lowest BCUT2D eigenvalue weighted by Gasteiger charge is -2.06. The summed E-state index contributed by atoms with van der Waals surface area (Å²) in [6, 6.07) is 0. The largest absolute Gasteiger partial charge is 0.467 e. The van der Waals surface area contributed by atoms with Crippen molar-refractivity contribution in [2.24, 2.45) is 0 Å². The zero-order valence-corrected chi connectivity index (χ0v) is 10.9. The maximum atomic E-state index is 10.4. The van der Waals surface area contributed by atoms with E-state index in [0.29, 0.717) is 0 Å².